The SMILES string of the molecule is O=c1c2cc(I)ccc2nc(SCc2ccc([N+](=O)[O-])cc2)n1-c1ccccc1. The van der Waals surface area contributed by atoms with Crippen LogP contribution in [-0.2, 0) is 5.75 Å². The van der Waals surface area contributed by atoms with Crippen LogP contribution in [0, 0.1) is 13.7 Å². The summed E-state index contributed by atoms with van der Waals surface area (Å²) in [6.45, 7) is 0. The maximum Gasteiger partial charge on any atom is 0.269 e. The van der Waals surface area contributed by atoms with Crippen LogP contribution in [0.15, 0.2) is 82.7 Å². The molecule has 0 atom stereocenters. The number of hydrogen-bond donors (Lipinski definition) is 0. The van der Waals surface area contributed by atoms with Crippen molar-refractivity contribution in [2.24, 2.45) is 0 Å². The van der Waals surface area contributed by atoms with Gasteiger partial charge in [-0.25, -0.2) is 4.98 Å². The topological polar surface area (TPSA) is 78.0 Å². The minimum Gasteiger partial charge on any atom is -0.268 e. The third kappa shape index (κ3) is 4.18. The van der Waals surface area contributed by atoms with E-state index in [4.69, 9.17) is 4.98 Å². The molecule has 0 aliphatic rings. The summed E-state index contributed by atoms with van der Waals surface area (Å²) in [4.78, 5) is 28.4. The highest BCUT2D eigenvalue weighted by Gasteiger charge is 2.14. The van der Waals surface area contributed by atoms with Gasteiger partial charge in [-0.2, -0.15) is 0 Å². The molecule has 0 aliphatic carbocycles. The van der Waals surface area contributed by atoms with E-state index >= 15 is 0 Å². The number of hydrogen-bond acceptors (Lipinski definition) is 5. The fourth-order valence-electron chi connectivity index (χ4n) is 2.90. The molecule has 0 aliphatic heterocycles. The van der Waals surface area contributed by atoms with Crippen molar-refractivity contribution in [1.82, 2.24) is 9.55 Å². The highest BCUT2D eigenvalue weighted by molar-refractivity contribution is 14.1. The van der Waals surface area contributed by atoms with Gasteiger partial charge in [-0.1, -0.05) is 42.1 Å². The van der Waals surface area contributed by atoms with Crippen molar-refractivity contribution in [3.05, 3.63) is 102 Å². The monoisotopic (exact) mass is 515 g/mol. The zero-order chi connectivity index (χ0) is 20.4. The highest BCUT2D eigenvalue weighted by atomic mass is 127. The molecule has 0 bridgehead atoms. The number of nitrogens with zero attached hydrogens (tertiary/aromatic N) is 3. The van der Waals surface area contributed by atoms with Crippen molar-refractivity contribution in [3.8, 4) is 5.69 Å². The average Bonchev–Trinajstić information content (AvgIpc) is 2.74. The quantitative estimate of drug-likeness (QED) is 0.120. The van der Waals surface area contributed by atoms with E-state index in [1.165, 1.54) is 23.9 Å². The van der Waals surface area contributed by atoms with Crippen LogP contribution in [0.25, 0.3) is 16.6 Å². The number of benzene rings is 3. The molecule has 1 aromatic heterocycles. The lowest BCUT2D eigenvalue weighted by molar-refractivity contribution is -0.384. The number of rotatable bonds is 5. The number of para-hydroxylation sites is 1. The van der Waals surface area contributed by atoms with Gasteiger partial charge in [-0.05, 0) is 58.5 Å². The first-order chi connectivity index (χ1) is 14.0. The predicted octanol–water partition coefficient (Wildman–Crippen LogP) is 5.19. The molecule has 144 valence electrons. The van der Waals surface area contributed by atoms with E-state index in [2.05, 4.69) is 22.6 Å². The number of non-ortho nitro benzene ring substituents is 1. The van der Waals surface area contributed by atoms with Gasteiger partial charge in [0.1, 0.15) is 0 Å². The van der Waals surface area contributed by atoms with E-state index in [1.54, 1.807) is 16.7 Å². The van der Waals surface area contributed by atoms with Gasteiger partial charge in [0.2, 0.25) is 0 Å². The van der Waals surface area contributed by atoms with Crippen LogP contribution >= 0.6 is 34.4 Å². The summed E-state index contributed by atoms with van der Waals surface area (Å²) < 4.78 is 2.59. The Morgan fingerprint density at radius 2 is 1.76 bits per heavy atom. The summed E-state index contributed by atoms with van der Waals surface area (Å²) in [5.41, 5.74) is 2.24. The Balaban J connectivity index is 1.77. The number of nitro benzene ring substituents is 1. The molecule has 0 fully saturated rings. The van der Waals surface area contributed by atoms with E-state index < -0.39 is 4.92 Å². The Hall–Kier alpha value is -2.72. The fraction of sp³-hybridized carbons (Fsp3) is 0.0476. The second-order valence-corrected chi connectivity index (χ2v) is 8.43. The number of halogens is 1. The summed E-state index contributed by atoms with van der Waals surface area (Å²) in [7, 11) is 0. The minimum atomic E-state index is -0.420. The summed E-state index contributed by atoms with van der Waals surface area (Å²) in [5, 5.41) is 12.0. The number of fused-ring (bicyclic) bond motifs is 1. The van der Waals surface area contributed by atoms with Crippen LogP contribution in [0.3, 0.4) is 0 Å². The lowest BCUT2D eigenvalue weighted by Crippen LogP contribution is -2.21. The van der Waals surface area contributed by atoms with Gasteiger partial charge in [0, 0.05) is 21.5 Å². The molecule has 0 amide bonds. The molecule has 4 aromatic rings. The normalized spacial score (nSPS) is 10.9. The van der Waals surface area contributed by atoms with Crippen LogP contribution in [0.1, 0.15) is 5.56 Å². The molecule has 29 heavy (non-hydrogen) atoms. The van der Waals surface area contributed by atoms with E-state index in [-0.39, 0.29) is 11.2 Å². The minimum absolute atomic E-state index is 0.0541. The van der Waals surface area contributed by atoms with Gasteiger partial charge in [-0.15, -0.1) is 0 Å². The lowest BCUT2D eigenvalue weighted by atomic mass is 10.2. The molecule has 1 heterocycles. The Labute approximate surface area is 183 Å². The molecule has 8 heteroatoms. The van der Waals surface area contributed by atoms with Gasteiger partial charge in [0.05, 0.1) is 21.5 Å². The Bertz CT molecular complexity index is 1260. The molecule has 0 saturated heterocycles. The highest BCUT2D eigenvalue weighted by Crippen LogP contribution is 2.26. The van der Waals surface area contributed by atoms with Crippen LogP contribution < -0.4 is 5.56 Å². The number of thioether (sulfide) groups is 1. The average molecular weight is 515 g/mol. The van der Waals surface area contributed by atoms with Crippen LogP contribution in [0.4, 0.5) is 5.69 Å². The van der Waals surface area contributed by atoms with Gasteiger partial charge < -0.3 is 0 Å². The summed E-state index contributed by atoms with van der Waals surface area (Å²) in [6.07, 6.45) is 0. The molecule has 0 unspecified atom stereocenters. The van der Waals surface area contributed by atoms with Crippen LogP contribution in [-0.4, -0.2) is 14.5 Å². The Morgan fingerprint density at radius 1 is 1.03 bits per heavy atom. The second-order valence-electron chi connectivity index (χ2n) is 6.24. The number of nitro groups is 1. The van der Waals surface area contributed by atoms with Crippen molar-refractivity contribution < 1.29 is 4.92 Å². The molecule has 6 nitrogen and oxygen atoms in total. The summed E-state index contributed by atoms with van der Waals surface area (Å²) >= 11 is 3.60. The van der Waals surface area contributed by atoms with E-state index in [0.717, 1.165) is 14.8 Å². The van der Waals surface area contributed by atoms with E-state index in [1.807, 2.05) is 48.5 Å². The first kappa shape index (κ1) is 19.6. The van der Waals surface area contributed by atoms with Crippen molar-refractivity contribution in [2.75, 3.05) is 0 Å². The lowest BCUT2D eigenvalue weighted by Gasteiger charge is -2.13. The Morgan fingerprint density at radius 3 is 2.45 bits per heavy atom. The molecule has 0 spiro atoms. The predicted molar refractivity (Wildman–Crippen MR) is 123 cm³/mol. The maximum absolute atomic E-state index is 13.3. The van der Waals surface area contributed by atoms with Gasteiger partial charge in [0.15, 0.2) is 5.16 Å². The van der Waals surface area contributed by atoms with Gasteiger partial charge in [-0.3, -0.25) is 19.5 Å². The van der Waals surface area contributed by atoms with Crippen LogP contribution in [0.2, 0.25) is 0 Å². The molecule has 0 radical (unpaired) electrons. The molecule has 0 saturated carbocycles. The van der Waals surface area contributed by atoms with Crippen molar-refractivity contribution in [1.29, 1.82) is 0 Å². The van der Waals surface area contributed by atoms with E-state index in [9.17, 15) is 14.9 Å². The second kappa shape index (κ2) is 8.34. The van der Waals surface area contributed by atoms with E-state index in [0.29, 0.717) is 21.8 Å². The summed E-state index contributed by atoms with van der Waals surface area (Å²) in [5.74, 6) is 0.535. The zero-order valence-electron chi connectivity index (χ0n) is 15.0. The Kier molecular flexibility index (Phi) is 5.63. The third-order valence-electron chi connectivity index (χ3n) is 4.33. The first-order valence-electron chi connectivity index (χ1n) is 8.67. The third-order valence-corrected chi connectivity index (χ3v) is 6.01. The van der Waals surface area contributed by atoms with Gasteiger partial charge >= 0.3 is 0 Å². The standard InChI is InChI=1S/C21H14IN3O3S/c22-15-8-11-19-18(12-15)20(26)24(16-4-2-1-3-5-16)21(23-19)29-13-14-6-9-17(10-7-14)25(27)28/h1-12H,13H2. The summed E-state index contributed by atoms with van der Waals surface area (Å²) in [6, 6.07) is 21.4. The van der Waals surface area contributed by atoms with Crippen molar-refractivity contribution >= 4 is 50.9 Å². The fourth-order valence-corrected chi connectivity index (χ4v) is 4.36. The first-order valence-corrected chi connectivity index (χ1v) is 10.7. The molecule has 4 rings (SSSR count). The number of aromatic nitrogens is 2. The largest absolute Gasteiger partial charge is 0.269 e. The molecular weight excluding hydrogens is 501 g/mol. The zero-order valence-corrected chi connectivity index (χ0v) is 18.0. The molecule has 3 aromatic carbocycles. The maximum atomic E-state index is 13.3. The molecule has 0 N–H and O–H groups in total. The van der Waals surface area contributed by atoms with Crippen LogP contribution in [0.5, 0.6) is 0 Å². The smallest absolute Gasteiger partial charge is 0.268 e. The molecular formula is C21H14IN3O3S. The van der Waals surface area contributed by atoms with Crippen molar-refractivity contribution in [3.63, 3.8) is 0 Å². The van der Waals surface area contributed by atoms with Crippen molar-refractivity contribution in [2.45, 2.75) is 10.9 Å². The van der Waals surface area contributed by atoms with Gasteiger partial charge in [0.25, 0.3) is 11.2 Å².